The van der Waals surface area contributed by atoms with Crippen LogP contribution >= 0.6 is 0 Å². The summed E-state index contributed by atoms with van der Waals surface area (Å²) in [7, 11) is 0. The normalized spacial score (nSPS) is 19.8. The molecule has 2 rings (SSSR count). The fraction of sp³-hybridized carbons (Fsp3) is 0.538. The molecule has 0 atom stereocenters. The van der Waals surface area contributed by atoms with Crippen LogP contribution in [0, 0.1) is 0 Å². The summed E-state index contributed by atoms with van der Waals surface area (Å²) in [5, 5.41) is 0. The van der Waals surface area contributed by atoms with Gasteiger partial charge in [-0.25, -0.2) is 0 Å². The highest BCUT2D eigenvalue weighted by atomic mass is 16.5. The molecule has 0 aliphatic carbocycles. The summed E-state index contributed by atoms with van der Waals surface area (Å²) >= 11 is 0. The Labute approximate surface area is 97.2 Å². The van der Waals surface area contributed by atoms with Gasteiger partial charge in [0.05, 0.1) is 12.2 Å². The van der Waals surface area contributed by atoms with E-state index in [0.717, 1.165) is 19.7 Å². The summed E-state index contributed by atoms with van der Waals surface area (Å²) in [6.45, 7) is 7.50. The lowest BCUT2D eigenvalue weighted by molar-refractivity contribution is -0.0277. The lowest BCUT2D eigenvalue weighted by Crippen LogP contribution is -2.48. The summed E-state index contributed by atoms with van der Waals surface area (Å²) < 4.78 is 5.72. The minimum absolute atomic E-state index is 0.0695. The van der Waals surface area contributed by atoms with Crippen LogP contribution in [0.25, 0.3) is 0 Å². The number of hydrogen-bond acceptors (Lipinski definition) is 3. The van der Waals surface area contributed by atoms with Crippen molar-refractivity contribution in [3.05, 3.63) is 29.8 Å². The molecule has 1 saturated heterocycles. The van der Waals surface area contributed by atoms with E-state index in [1.807, 2.05) is 6.07 Å². The molecule has 1 aliphatic rings. The van der Waals surface area contributed by atoms with E-state index in [4.69, 9.17) is 10.5 Å². The fourth-order valence-corrected chi connectivity index (χ4v) is 2.21. The summed E-state index contributed by atoms with van der Waals surface area (Å²) in [5.74, 6) is 0. The summed E-state index contributed by atoms with van der Waals surface area (Å²) in [6, 6.07) is 8.34. The van der Waals surface area contributed by atoms with Crippen molar-refractivity contribution < 1.29 is 4.74 Å². The number of benzene rings is 1. The molecule has 1 heterocycles. The van der Waals surface area contributed by atoms with Gasteiger partial charge in [-0.15, -0.1) is 0 Å². The van der Waals surface area contributed by atoms with Gasteiger partial charge in [-0.05, 0) is 25.5 Å². The molecule has 0 amide bonds. The molecule has 3 nitrogen and oxygen atoms in total. The molecular weight excluding hydrogens is 200 g/mol. The molecule has 0 bridgehead atoms. The Bertz CT molecular complexity index is 363. The molecule has 88 valence electrons. The van der Waals surface area contributed by atoms with Gasteiger partial charge in [0.2, 0.25) is 0 Å². The number of hydrogen-bond donors (Lipinski definition) is 1. The van der Waals surface area contributed by atoms with Crippen LogP contribution in [0.2, 0.25) is 0 Å². The van der Waals surface area contributed by atoms with Crippen LogP contribution in [0.5, 0.6) is 0 Å². The van der Waals surface area contributed by atoms with Gasteiger partial charge in [0.15, 0.2) is 0 Å². The van der Waals surface area contributed by atoms with Crippen LogP contribution in [0.3, 0.4) is 0 Å². The van der Waals surface area contributed by atoms with Crippen LogP contribution in [-0.4, -0.2) is 25.3 Å². The van der Waals surface area contributed by atoms with Crippen molar-refractivity contribution >= 4 is 5.69 Å². The van der Waals surface area contributed by atoms with Crippen LogP contribution in [-0.2, 0) is 11.3 Å². The number of nitrogens with two attached hydrogens (primary N) is 1. The minimum atomic E-state index is -0.0695. The quantitative estimate of drug-likeness (QED) is 0.825. The van der Waals surface area contributed by atoms with Crippen molar-refractivity contribution in [2.24, 2.45) is 5.73 Å². The first-order chi connectivity index (χ1) is 7.62. The topological polar surface area (TPSA) is 38.5 Å². The molecule has 0 radical (unpaired) electrons. The molecule has 1 aromatic rings. The second-order valence-electron chi connectivity index (χ2n) is 4.86. The number of nitrogens with zero attached hydrogens (tertiary/aromatic N) is 1. The van der Waals surface area contributed by atoms with Gasteiger partial charge < -0.3 is 15.4 Å². The number of para-hydroxylation sites is 1. The van der Waals surface area contributed by atoms with Gasteiger partial charge in [0.1, 0.15) is 0 Å². The van der Waals surface area contributed by atoms with Crippen LogP contribution < -0.4 is 10.6 Å². The van der Waals surface area contributed by atoms with E-state index in [0.29, 0.717) is 6.54 Å². The third-order valence-corrected chi connectivity index (χ3v) is 2.98. The Morgan fingerprint density at radius 3 is 2.81 bits per heavy atom. The third-order valence-electron chi connectivity index (χ3n) is 2.98. The second kappa shape index (κ2) is 4.44. The molecule has 0 saturated carbocycles. The molecule has 0 unspecified atom stereocenters. The predicted octanol–water partition coefficient (Wildman–Crippen LogP) is 1.76. The summed E-state index contributed by atoms with van der Waals surface area (Å²) in [6.07, 6.45) is 0. The molecule has 0 spiro atoms. The van der Waals surface area contributed by atoms with E-state index < -0.39 is 0 Å². The van der Waals surface area contributed by atoms with Crippen LogP contribution in [0.15, 0.2) is 24.3 Å². The van der Waals surface area contributed by atoms with Gasteiger partial charge in [-0.2, -0.15) is 0 Å². The first-order valence-electron chi connectivity index (χ1n) is 5.79. The maximum Gasteiger partial charge on any atom is 0.0801 e. The standard InChI is InChI=1S/C13H20N2O/c1-13(2)10-15(7-8-16-13)12-6-4-3-5-11(12)9-14/h3-6H,7-10,14H2,1-2H3. The van der Waals surface area contributed by atoms with Gasteiger partial charge in [-0.1, -0.05) is 18.2 Å². The zero-order valence-corrected chi connectivity index (χ0v) is 10.1. The average molecular weight is 220 g/mol. The van der Waals surface area contributed by atoms with Crippen molar-refractivity contribution in [2.45, 2.75) is 26.0 Å². The zero-order chi connectivity index (χ0) is 11.6. The van der Waals surface area contributed by atoms with E-state index in [-0.39, 0.29) is 5.60 Å². The highest BCUT2D eigenvalue weighted by Gasteiger charge is 2.27. The molecule has 0 aromatic heterocycles. The molecule has 1 fully saturated rings. The van der Waals surface area contributed by atoms with Crippen molar-refractivity contribution in [1.29, 1.82) is 0 Å². The molecule has 1 aliphatic heterocycles. The maximum atomic E-state index is 5.77. The monoisotopic (exact) mass is 220 g/mol. The van der Waals surface area contributed by atoms with Gasteiger partial charge >= 0.3 is 0 Å². The molecule has 16 heavy (non-hydrogen) atoms. The van der Waals surface area contributed by atoms with Crippen molar-refractivity contribution in [2.75, 3.05) is 24.6 Å². The molecule has 3 heteroatoms. The zero-order valence-electron chi connectivity index (χ0n) is 10.1. The predicted molar refractivity (Wildman–Crippen MR) is 66.6 cm³/mol. The Hall–Kier alpha value is -1.06. The summed E-state index contributed by atoms with van der Waals surface area (Å²) in [5.41, 5.74) is 8.16. The first kappa shape index (κ1) is 11.4. The lowest BCUT2D eigenvalue weighted by Gasteiger charge is -2.40. The SMILES string of the molecule is CC1(C)CN(c2ccccc2CN)CCO1. The van der Waals surface area contributed by atoms with E-state index >= 15 is 0 Å². The van der Waals surface area contributed by atoms with E-state index in [1.54, 1.807) is 0 Å². The maximum absolute atomic E-state index is 5.77. The van der Waals surface area contributed by atoms with E-state index in [2.05, 4.69) is 36.9 Å². The Morgan fingerprint density at radius 1 is 1.38 bits per heavy atom. The number of anilines is 1. The van der Waals surface area contributed by atoms with Crippen molar-refractivity contribution in [3.8, 4) is 0 Å². The largest absolute Gasteiger partial charge is 0.372 e. The van der Waals surface area contributed by atoms with Crippen molar-refractivity contribution in [3.63, 3.8) is 0 Å². The number of morpholine rings is 1. The van der Waals surface area contributed by atoms with E-state index in [9.17, 15) is 0 Å². The molecule has 2 N–H and O–H groups in total. The Balaban J connectivity index is 2.23. The lowest BCUT2D eigenvalue weighted by atomic mass is 10.1. The van der Waals surface area contributed by atoms with Gasteiger partial charge in [-0.3, -0.25) is 0 Å². The van der Waals surface area contributed by atoms with Gasteiger partial charge in [0.25, 0.3) is 0 Å². The van der Waals surface area contributed by atoms with Crippen molar-refractivity contribution in [1.82, 2.24) is 0 Å². The van der Waals surface area contributed by atoms with Gasteiger partial charge in [0, 0.05) is 25.3 Å². The highest BCUT2D eigenvalue weighted by molar-refractivity contribution is 5.54. The molecular formula is C13H20N2O. The van der Waals surface area contributed by atoms with Crippen LogP contribution in [0.4, 0.5) is 5.69 Å². The minimum Gasteiger partial charge on any atom is -0.372 e. The highest BCUT2D eigenvalue weighted by Crippen LogP contribution is 2.25. The molecule has 1 aromatic carbocycles. The Morgan fingerprint density at radius 2 is 2.12 bits per heavy atom. The van der Waals surface area contributed by atoms with E-state index in [1.165, 1.54) is 11.3 Å². The number of ether oxygens (including phenoxy) is 1. The van der Waals surface area contributed by atoms with Crippen LogP contribution in [0.1, 0.15) is 19.4 Å². The fourth-order valence-electron chi connectivity index (χ4n) is 2.21. The third kappa shape index (κ3) is 2.36. The smallest absolute Gasteiger partial charge is 0.0801 e. The summed E-state index contributed by atoms with van der Waals surface area (Å²) in [4.78, 5) is 2.37. The average Bonchev–Trinajstić information content (AvgIpc) is 2.27. The first-order valence-corrected chi connectivity index (χ1v) is 5.79. The number of rotatable bonds is 2. The second-order valence-corrected chi connectivity index (χ2v) is 4.86. The Kier molecular flexibility index (Phi) is 3.17.